The van der Waals surface area contributed by atoms with Gasteiger partial charge in [0.15, 0.2) is 0 Å². The Hall–Kier alpha value is -3.10. The van der Waals surface area contributed by atoms with E-state index < -0.39 is 0 Å². The molecule has 0 aliphatic carbocycles. The summed E-state index contributed by atoms with van der Waals surface area (Å²) in [5, 5.41) is 14.1. The van der Waals surface area contributed by atoms with Gasteiger partial charge in [-0.1, -0.05) is 54.1 Å². The second kappa shape index (κ2) is 8.52. The number of hydrogen-bond acceptors (Lipinski definition) is 3. The molecule has 0 saturated carbocycles. The quantitative estimate of drug-likeness (QED) is 0.644. The first-order valence-corrected chi connectivity index (χ1v) is 8.96. The van der Waals surface area contributed by atoms with Crippen molar-refractivity contribution in [1.29, 1.82) is 5.26 Å². The highest BCUT2D eigenvalue weighted by Crippen LogP contribution is 2.25. The molecule has 1 aromatic heterocycles. The first-order chi connectivity index (χ1) is 13.1. The molecule has 0 bridgehead atoms. The Labute approximate surface area is 163 Å². The molecule has 0 unspecified atom stereocenters. The molecule has 0 saturated heterocycles. The van der Waals surface area contributed by atoms with Gasteiger partial charge in [0.2, 0.25) is 0 Å². The van der Waals surface area contributed by atoms with E-state index in [1.807, 2.05) is 42.5 Å². The van der Waals surface area contributed by atoms with Crippen LogP contribution in [-0.2, 0) is 6.54 Å². The second-order valence-electron chi connectivity index (χ2n) is 6.22. The summed E-state index contributed by atoms with van der Waals surface area (Å²) in [6, 6.07) is 19.3. The molecule has 0 radical (unpaired) electrons. The number of nitriles is 1. The topological polar surface area (TPSA) is 61.9 Å². The van der Waals surface area contributed by atoms with Gasteiger partial charge in [0, 0.05) is 30.4 Å². The number of nitrogens with zero attached hydrogens (tertiary/aromatic N) is 4. The highest BCUT2D eigenvalue weighted by Gasteiger charge is 2.21. The predicted molar refractivity (Wildman–Crippen MR) is 105 cm³/mol. The number of carbonyl (C=O) groups excluding carboxylic acids is 1. The first kappa shape index (κ1) is 18.7. The summed E-state index contributed by atoms with van der Waals surface area (Å²) in [6.45, 7) is 0.940. The molecule has 2 aromatic carbocycles. The van der Waals surface area contributed by atoms with Crippen molar-refractivity contribution < 1.29 is 4.79 Å². The second-order valence-corrected chi connectivity index (χ2v) is 6.65. The molecule has 0 N–H and O–H groups in total. The minimum atomic E-state index is -0.158. The van der Waals surface area contributed by atoms with Crippen LogP contribution in [0.25, 0.3) is 11.3 Å². The summed E-state index contributed by atoms with van der Waals surface area (Å²) < 4.78 is 1.77. The van der Waals surface area contributed by atoms with Crippen molar-refractivity contribution in [3.05, 3.63) is 76.9 Å². The van der Waals surface area contributed by atoms with Crippen LogP contribution in [0.2, 0.25) is 5.02 Å². The standard InChI is InChI=1S/C21H19ClN4O/c1-25(13-5-12-23)21(27)19-15-26(14-16-6-3-2-4-7-16)24-20(19)17-8-10-18(22)11-9-17/h2-4,6-11,15H,5,13-14H2,1H3. The zero-order valence-electron chi connectivity index (χ0n) is 15.0. The van der Waals surface area contributed by atoms with Crippen molar-refractivity contribution in [1.82, 2.24) is 14.7 Å². The van der Waals surface area contributed by atoms with Gasteiger partial charge in [-0.2, -0.15) is 10.4 Å². The van der Waals surface area contributed by atoms with Crippen LogP contribution < -0.4 is 0 Å². The minimum Gasteiger partial charge on any atom is -0.341 e. The van der Waals surface area contributed by atoms with Crippen molar-refractivity contribution in [2.24, 2.45) is 0 Å². The maximum atomic E-state index is 12.9. The Morgan fingerprint density at radius 3 is 2.56 bits per heavy atom. The Morgan fingerprint density at radius 1 is 1.19 bits per heavy atom. The molecule has 27 heavy (non-hydrogen) atoms. The van der Waals surface area contributed by atoms with Crippen LogP contribution in [-0.4, -0.2) is 34.2 Å². The summed E-state index contributed by atoms with van der Waals surface area (Å²) in [5.74, 6) is -0.158. The van der Waals surface area contributed by atoms with E-state index in [1.54, 1.807) is 35.0 Å². The van der Waals surface area contributed by atoms with Crippen molar-refractivity contribution in [2.75, 3.05) is 13.6 Å². The van der Waals surface area contributed by atoms with Crippen molar-refractivity contribution in [3.63, 3.8) is 0 Å². The van der Waals surface area contributed by atoms with Gasteiger partial charge >= 0.3 is 0 Å². The lowest BCUT2D eigenvalue weighted by Gasteiger charge is -2.15. The van der Waals surface area contributed by atoms with E-state index in [1.165, 1.54) is 0 Å². The summed E-state index contributed by atoms with van der Waals surface area (Å²) >= 11 is 5.99. The third-order valence-electron chi connectivity index (χ3n) is 4.20. The smallest absolute Gasteiger partial charge is 0.257 e. The van der Waals surface area contributed by atoms with Gasteiger partial charge in [-0.15, -0.1) is 0 Å². The molecule has 1 amide bonds. The molecular weight excluding hydrogens is 360 g/mol. The molecule has 6 heteroatoms. The average Bonchev–Trinajstić information content (AvgIpc) is 3.10. The van der Waals surface area contributed by atoms with Crippen LogP contribution in [0.4, 0.5) is 0 Å². The maximum absolute atomic E-state index is 12.9. The number of halogens is 1. The van der Waals surface area contributed by atoms with Crippen LogP contribution in [0.1, 0.15) is 22.3 Å². The number of rotatable bonds is 6. The molecular formula is C21H19ClN4O. The third kappa shape index (κ3) is 4.55. The molecule has 0 spiro atoms. The average molecular weight is 379 g/mol. The SMILES string of the molecule is CN(CCC#N)C(=O)c1cn(Cc2ccccc2)nc1-c1ccc(Cl)cc1. The molecule has 1 heterocycles. The number of hydrogen-bond donors (Lipinski definition) is 0. The van der Waals surface area contributed by atoms with Gasteiger partial charge in [-0.3, -0.25) is 9.48 Å². The van der Waals surface area contributed by atoms with E-state index in [0.29, 0.717) is 29.4 Å². The van der Waals surface area contributed by atoms with E-state index in [-0.39, 0.29) is 12.3 Å². The van der Waals surface area contributed by atoms with Crippen molar-refractivity contribution >= 4 is 17.5 Å². The predicted octanol–water partition coefficient (Wildman–Crippen LogP) is 4.24. The van der Waals surface area contributed by atoms with Crippen LogP contribution in [0.3, 0.4) is 0 Å². The molecule has 0 atom stereocenters. The van der Waals surface area contributed by atoms with E-state index in [0.717, 1.165) is 11.1 Å². The molecule has 3 rings (SSSR count). The summed E-state index contributed by atoms with van der Waals surface area (Å²) in [5.41, 5.74) is 3.04. The Bertz CT molecular complexity index is 958. The Morgan fingerprint density at radius 2 is 1.89 bits per heavy atom. The van der Waals surface area contributed by atoms with Gasteiger partial charge in [-0.05, 0) is 17.7 Å². The fourth-order valence-corrected chi connectivity index (χ4v) is 2.90. The lowest BCUT2D eigenvalue weighted by Crippen LogP contribution is -2.27. The fraction of sp³-hybridized carbons (Fsp3) is 0.190. The summed E-state index contributed by atoms with van der Waals surface area (Å²) in [6.07, 6.45) is 2.05. The first-order valence-electron chi connectivity index (χ1n) is 8.58. The van der Waals surface area contributed by atoms with Crippen molar-refractivity contribution in [2.45, 2.75) is 13.0 Å². The maximum Gasteiger partial charge on any atom is 0.257 e. The van der Waals surface area contributed by atoms with Crippen LogP contribution in [0, 0.1) is 11.3 Å². The highest BCUT2D eigenvalue weighted by molar-refractivity contribution is 6.30. The monoisotopic (exact) mass is 378 g/mol. The molecule has 0 aliphatic rings. The molecule has 3 aromatic rings. The Kier molecular flexibility index (Phi) is 5.90. The fourth-order valence-electron chi connectivity index (χ4n) is 2.78. The van der Waals surface area contributed by atoms with Crippen LogP contribution in [0.5, 0.6) is 0 Å². The lowest BCUT2D eigenvalue weighted by atomic mass is 10.1. The van der Waals surface area contributed by atoms with Gasteiger partial charge in [0.25, 0.3) is 5.91 Å². The van der Waals surface area contributed by atoms with Gasteiger partial charge in [-0.25, -0.2) is 0 Å². The lowest BCUT2D eigenvalue weighted by molar-refractivity contribution is 0.0798. The van der Waals surface area contributed by atoms with Gasteiger partial charge in [0.05, 0.1) is 24.6 Å². The largest absolute Gasteiger partial charge is 0.341 e. The van der Waals surface area contributed by atoms with Crippen molar-refractivity contribution in [3.8, 4) is 17.3 Å². The highest BCUT2D eigenvalue weighted by atomic mass is 35.5. The van der Waals surface area contributed by atoms with E-state index in [4.69, 9.17) is 16.9 Å². The zero-order chi connectivity index (χ0) is 19.2. The zero-order valence-corrected chi connectivity index (χ0v) is 15.7. The minimum absolute atomic E-state index is 0.158. The summed E-state index contributed by atoms with van der Waals surface area (Å²) in [7, 11) is 1.69. The van der Waals surface area contributed by atoms with E-state index in [2.05, 4.69) is 11.2 Å². The van der Waals surface area contributed by atoms with E-state index in [9.17, 15) is 4.79 Å². The van der Waals surface area contributed by atoms with Crippen LogP contribution in [0.15, 0.2) is 60.8 Å². The number of carbonyl (C=O) groups is 1. The number of amides is 1. The van der Waals surface area contributed by atoms with Gasteiger partial charge < -0.3 is 4.90 Å². The molecule has 0 fully saturated rings. The number of benzene rings is 2. The van der Waals surface area contributed by atoms with E-state index >= 15 is 0 Å². The molecule has 0 aliphatic heterocycles. The number of aromatic nitrogens is 2. The van der Waals surface area contributed by atoms with Gasteiger partial charge in [0.1, 0.15) is 5.69 Å². The van der Waals surface area contributed by atoms with Crippen LogP contribution >= 0.6 is 11.6 Å². The summed E-state index contributed by atoms with van der Waals surface area (Å²) in [4.78, 5) is 14.5. The molecule has 136 valence electrons. The normalized spacial score (nSPS) is 10.4. The molecule has 5 nitrogen and oxygen atoms in total. The third-order valence-corrected chi connectivity index (χ3v) is 4.45. The Balaban J connectivity index is 1.97.